The average molecular weight is 280 g/mol. The molecule has 0 radical (unpaired) electrons. The third-order valence-corrected chi connectivity index (χ3v) is 2.93. The van der Waals surface area contributed by atoms with E-state index in [9.17, 15) is 4.79 Å². The summed E-state index contributed by atoms with van der Waals surface area (Å²) >= 11 is 0. The second-order valence-electron chi connectivity index (χ2n) is 4.59. The van der Waals surface area contributed by atoms with Gasteiger partial charge in [0.1, 0.15) is 5.69 Å². The first-order valence-electron chi connectivity index (χ1n) is 6.30. The predicted octanol–water partition coefficient (Wildman–Crippen LogP) is 2.21. The zero-order chi connectivity index (χ0) is 14.8. The lowest BCUT2D eigenvalue weighted by Crippen LogP contribution is -2.11. The molecule has 2 N–H and O–H groups in total. The van der Waals surface area contributed by atoms with Gasteiger partial charge in [-0.1, -0.05) is 11.2 Å². The Bertz CT molecular complexity index is 796. The molecule has 0 spiro atoms. The lowest BCUT2D eigenvalue weighted by molar-refractivity contribution is 0.1000. The first kappa shape index (κ1) is 13.0. The molecule has 0 atom stereocenters. The lowest BCUT2D eigenvalue weighted by atomic mass is 10.1. The number of aryl methyl sites for hydroxylation is 1. The SMILES string of the molecule is Cc1cc(C(N)=O)cc(-c2nc(-c3ccccn3)no2)c1. The molecular weight excluding hydrogens is 268 g/mol. The summed E-state index contributed by atoms with van der Waals surface area (Å²) in [6, 6.07) is 10.6. The van der Waals surface area contributed by atoms with Crippen molar-refractivity contribution >= 4 is 5.91 Å². The van der Waals surface area contributed by atoms with Gasteiger partial charge in [0.15, 0.2) is 0 Å². The van der Waals surface area contributed by atoms with Crippen LogP contribution in [0.2, 0.25) is 0 Å². The number of primary amides is 1. The lowest BCUT2D eigenvalue weighted by Gasteiger charge is -2.01. The van der Waals surface area contributed by atoms with Crippen molar-refractivity contribution in [2.24, 2.45) is 5.73 Å². The molecule has 0 aliphatic carbocycles. The minimum atomic E-state index is -0.496. The van der Waals surface area contributed by atoms with Gasteiger partial charge in [0.25, 0.3) is 5.89 Å². The molecule has 2 aromatic heterocycles. The molecule has 1 amide bonds. The van der Waals surface area contributed by atoms with E-state index in [2.05, 4.69) is 15.1 Å². The third-order valence-electron chi connectivity index (χ3n) is 2.93. The molecule has 6 nitrogen and oxygen atoms in total. The molecule has 0 aliphatic heterocycles. The summed E-state index contributed by atoms with van der Waals surface area (Å²) in [6.07, 6.45) is 1.66. The summed E-state index contributed by atoms with van der Waals surface area (Å²) in [5, 5.41) is 3.90. The van der Waals surface area contributed by atoms with E-state index < -0.39 is 5.91 Å². The van der Waals surface area contributed by atoms with Crippen LogP contribution in [0.25, 0.3) is 23.0 Å². The molecule has 104 valence electrons. The van der Waals surface area contributed by atoms with Crippen LogP contribution in [0.4, 0.5) is 0 Å². The summed E-state index contributed by atoms with van der Waals surface area (Å²) in [5.41, 5.74) is 7.88. The summed E-state index contributed by atoms with van der Waals surface area (Å²) < 4.78 is 5.24. The Hall–Kier alpha value is -3.02. The molecule has 0 bridgehead atoms. The van der Waals surface area contributed by atoms with Crippen LogP contribution in [-0.4, -0.2) is 21.0 Å². The smallest absolute Gasteiger partial charge is 0.258 e. The molecule has 3 aromatic rings. The number of pyridine rings is 1. The molecule has 0 saturated heterocycles. The van der Waals surface area contributed by atoms with E-state index in [1.165, 1.54) is 0 Å². The molecule has 0 unspecified atom stereocenters. The minimum Gasteiger partial charge on any atom is -0.366 e. The first-order valence-corrected chi connectivity index (χ1v) is 6.30. The van der Waals surface area contributed by atoms with E-state index in [1.54, 1.807) is 24.4 Å². The van der Waals surface area contributed by atoms with Crippen LogP contribution in [0, 0.1) is 6.92 Å². The normalized spacial score (nSPS) is 10.5. The van der Waals surface area contributed by atoms with E-state index in [0.29, 0.717) is 28.5 Å². The second kappa shape index (κ2) is 5.16. The quantitative estimate of drug-likeness (QED) is 0.793. The number of carbonyl (C=O) groups excluding carboxylic acids is 1. The van der Waals surface area contributed by atoms with E-state index in [1.807, 2.05) is 25.1 Å². The number of amides is 1. The molecule has 3 rings (SSSR count). The molecule has 6 heteroatoms. The Morgan fingerprint density at radius 3 is 2.81 bits per heavy atom. The van der Waals surface area contributed by atoms with E-state index >= 15 is 0 Å². The number of hydrogen-bond donors (Lipinski definition) is 1. The summed E-state index contributed by atoms with van der Waals surface area (Å²) in [6.45, 7) is 1.87. The number of nitrogens with zero attached hydrogens (tertiary/aromatic N) is 3. The number of carbonyl (C=O) groups is 1. The van der Waals surface area contributed by atoms with Gasteiger partial charge in [0.05, 0.1) is 0 Å². The largest absolute Gasteiger partial charge is 0.366 e. The fourth-order valence-corrected chi connectivity index (χ4v) is 1.99. The van der Waals surface area contributed by atoms with Gasteiger partial charge in [-0.3, -0.25) is 9.78 Å². The highest BCUT2D eigenvalue weighted by molar-refractivity contribution is 5.94. The van der Waals surface area contributed by atoms with Crippen molar-refractivity contribution in [3.8, 4) is 23.0 Å². The van der Waals surface area contributed by atoms with Gasteiger partial charge in [-0.15, -0.1) is 0 Å². The number of rotatable bonds is 3. The Labute approximate surface area is 120 Å². The summed E-state index contributed by atoms with van der Waals surface area (Å²) in [7, 11) is 0. The van der Waals surface area contributed by atoms with E-state index in [4.69, 9.17) is 10.3 Å². The second-order valence-corrected chi connectivity index (χ2v) is 4.59. The van der Waals surface area contributed by atoms with Gasteiger partial charge < -0.3 is 10.3 Å². The molecule has 0 fully saturated rings. The van der Waals surface area contributed by atoms with Crippen molar-refractivity contribution in [1.82, 2.24) is 15.1 Å². The third kappa shape index (κ3) is 2.64. The monoisotopic (exact) mass is 280 g/mol. The van der Waals surface area contributed by atoms with Crippen molar-refractivity contribution in [1.29, 1.82) is 0 Å². The number of nitrogens with two attached hydrogens (primary N) is 1. The maximum absolute atomic E-state index is 11.3. The average Bonchev–Trinajstić information content (AvgIpc) is 2.97. The molecule has 0 saturated carbocycles. The van der Waals surface area contributed by atoms with Crippen molar-refractivity contribution in [2.75, 3.05) is 0 Å². The van der Waals surface area contributed by atoms with Crippen LogP contribution in [0.1, 0.15) is 15.9 Å². The van der Waals surface area contributed by atoms with Gasteiger partial charge in [-0.25, -0.2) is 0 Å². The minimum absolute atomic E-state index is 0.321. The zero-order valence-electron chi connectivity index (χ0n) is 11.3. The van der Waals surface area contributed by atoms with E-state index in [0.717, 1.165) is 5.56 Å². The predicted molar refractivity (Wildman–Crippen MR) is 76.2 cm³/mol. The number of aromatic nitrogens is 3. The highest BCUT2D eigenvalue weighted by Gasteiger charge is 2.13. The molecule has 1 aromatic carbocycles. The standard InChI is InChI=1S/C15H12N4O2/c1-9-6-10(13(16)20)8-11(7-9)15-18-14(19-21-15)12-4-2-3-5-17-12/h2-8H,1H3,(H2,16,20). The highest BCUT2D eigenvalue weighted by atomic mass is 16.5. The molecule has 2 heterocycles. The van der Waals surface area contributed by atoms with Crippen LogP contribution in [-0.2, 0) is 0 Å². The topological polar surface area (TPSA) is 94.9 Å². The number of benzene rings is 1. The zero-order valence-corrected chi connectivity index (χ0v) is 11.3. The van der Waals surface area contributed by atoms with Gasteiger partial charge in [0, 0.05) is 17.3 Å². The van der Waals surface area contributed by atoms with Crippen LogP contribution in [0.15, 0.2) is 47.1 Å². The van der Waals surface area contributed by atoms with Crippen LogP contribution >= 0.6 is 0 Å². The maximum Gasteiger partial charge on any atom is 0.258 e. The van der Waals surface area contributed by atoms with Crippen molar-refractivity contribution in [3.05, 3.63) is 53.7 Å². The van der Waals surface area contributed by atoms with Gasteiger partial charge in [0.2, 0.25) is 11.7 Å². The highest BCUT2D eigenvalue weighted by Crippen LogP contribution is 2.23. The summed E-state index contributed by atoms with van der Waals surface area (Å²) in [5.74, 6) is 0.221. The van der Waals surface area contributed by atoms with Crippen molar-refractivity contribution in [3.63, 3.8) is 0 Å². The Kier molecular flexibility index (Phi) is 3.19. The molecule has 21 heavy (non-hydrogen) atoms. The maximum atomic E-state index is 11.3. The Morgan fingerprint density at radius 1 is 1.24 bits per heavy atom. The van der Waals surface area contributed by atoms with E-state index in [-0.39, 0.29) is 0 Å². The van der Waals surface area contributed by atoms with Crippen LogP contribution in [0.5, 0.6) is 0 Å². The Balaban J connectivity index is 2.02. The van der Waals surface area contributed by atoms with Crippen molar-refractivity contribution in [2.45, 2.75) is 6.92 Å². The summed E-state index contributed by atoms with van der Waals surface area (Å²) in [4.78, 5) is 19.8. The number of hydrogen-bond acceptors (Lipinski definition) is 5. The van der Waals surface area contributed by atoms with Gasteiger partial charge in [-0.05, 0) is 42.8 Å². The molecular formula is C15H12N4O2. The van der Waals surface area contributed by atoms with Crippen molar-refractivity contribution < 1.29 is 9.32 Å². The first-order chi connectivity index (χ1) is 10.1. The fourth-order valence-electron chi connectivity index (χ4n) is 1.99. The van der Waals surface area contributed by atoms with Crippen LogP contribution in [0.3, 0.4) is 0 Å². The van der Waals surface area contributed by atoms with Gasteiger partial charge in [-0.2, -0.15) is 4.98 Å². The van der Waals surface area contributed by atoms with Crippen LogP contribution < -0.4 is 5.73 Å². The van der Waals surface area contributed by atoms with Gasteiger partial charge >= 0.3 is 0 Å². The Morgan fingerprint density at radius 2 is 2.10 bits per heavy atom. The fraction of sp³-hybridized carbons (Fsp3) is 0.0667. The molecule has 0 aliphatic rings.